The zero-order chi connectivity index (χ0) is 13.3. The van der Waals surface area contributed by atoms with Crippen LogP contribution in [0.4, 0.5) is 10.1 Å². The normalized spacial score (nSPS) is 11.9. The van der Waals surface area contributed by atoms with E-state index in [4.69, 9.17) is 23.2 Å². The maximum absolute atomic E-state index is 13.7. The van der Waals surface area contributed by atoms with Crippen LogP contribution in [0.3, 0.4) is 0 Å². The smallest absolute Gasteiger partial charge is 0.150 e. The fraction of sp³-hybridized carbons (Fsp3) is 0.154. The molecule has 18 heavy (non-hydrogen) atoms. The monoisotopic (exact) mass is 301 g/mol. The molecule has 1 aromatic heterocycles. The van der Waals surface area contributed by atoms with Crippen LogP contribution < -0.4 is 0 Å². The van der Waals surface area contributed by atoms with Crippen molar-refractivity contribution in [2.24, 2.45) is 4.99 Å². The van der Waals surface area contributed by atoms with Crippen LogP contribution in [0, 0.1) is 19.7 Å². The van der Waals surface area contributed by atoms with Crippen LogP contribution in [0.5, 0.6) is 0 Å². The largest absolute Gasteiger partial charge is 0.233 e. The van der Waals surface area contributed by atoms with Gasteiger partial charge in [0.05, 0.1) is 0 Å². The number of aliphatic imine (C=N–C) groups is 1. The molecule has 0 aliphatic heterocycles. The maximum atomic E-state index is 13.7. The van der Waals surface area contributed by atoms with E-state index in [1.807, 2.05) is 17.7 Å². The van der Waals surface area contributed by atoms with Gasteiger partial charge in [0.15, 0.2) is 0 Å². The predicted octanol–water partition coefficient (Wildman–Crippen LogP) is 5.47. The highest BCUT2D eigenvalue weighted by molar-refractivity contribution is 7.08. The van der Waals surface area contributed by atoms with Gasteiger partial charge in [-0.05, 0) is 42.5 Å². The molecule has 0 spiro atoms. The van der Waals surface area contributed by atoms with E-state index in [-0.39, 0.29) is 10.9 Å². The van der Waals surface area contributed by atoms with Crippen molar-refractivity contribution in [1.29, 1.82) is 0 Å². The molecule has 0 bridgehead atoms. The van der Waals surface area contributed by atoms with Gasteiger partial charge in [0.25, 0.3) is 0 Å². The molecule has 0 aliphatic rings. The molecule has 0 amide bonds. The summed E-state index contributed by atoms with van der Waals surface area (Å²) in [6.45, 7) is 3.73. The number of halogens is 3. The zero-order valence-electron chi connectivity index (χ0n) is 9.80. The van der Waals surface area contributed by atoms with Gasteiger partial charge >= 0.3 is 0 Å². The molecule has 1 heterocycles. The van der Waals surface area contributed by atoms with Crippen LogP contribution in [0.25, 0.3) is 0 Å². The Morgan fingerprint density at radius 2 is 1.94 bits per heavy atom. The molecule has 0 saturated heterocycles. The fourth-order valence-corrected chi connectivity index (χ4v) is 2.81. The van der Waals surface area contributed by atoms with Gasteiger partial charge in [-0.25, -0.2) is 9.38 Å². The van der Waals surface area contributed by atoms with Crippen molar-refractivity contribution in [2.45, 2.75) is 13.8 Å². The molecule has 0 N–H and O–H groups in total. The first-order chi connectivity index (χ1) is 8.49. The van der Waals surface area contributed by atoms with Crippen LogP contribution in [-0.4, -0.2) is 5.17 Å². The summed E-state index contributed by atoms with van der Waals surface area (Å²) in [5, 5.41) is 4.53. The van der Waals surface area contributed by atoms with Gasteiger partial charge in [-0.1, -0.05) is 23.2 Å². The molecule has 1 aromatic carbocycles. The summed E-state index contributed by atoms with van der Waals surface area (Å²) in [5.41, 5.74) is 2.82. The molecular formula is C13H10Cl2FNS. The summed E-state index contributed by atoms with van der Waals surface area (Å²) >= 11 is 13.5. The second-order valence-electron chi connectivity index (χ2n) is 3.92. The Kier molecular flexibility index (Phi) is 4.05. The van der Waals surface area contributed by atoms with Gasteiger partial charge in [-0.15, -0.1) is 0 Å². The lowest BCUT2D eigenvalue weighted by atomic mass is 10.2. The summed E-state index contributed by atoms with van der Waals surface area (Å²) in [4.78, 5) is 4.12. The van der Waals surface area contributed by atoms with Crippen molar-refractivity contribution in [3.05, 3.63) is 50.4 Å². The number of nitrogens with zero attached hydrogens (tertiary/aromatic N) is 1. The summed E-state index contributed by atoms with van der Waals surface area (Å²) < 4.78 is 13.7. The average molecular weight is 302 g/mol. The number of hydrogen-bond acceptors (Lipinski definition) is 2. The first kappa shape index (κ1) is 13.5. The quantitative estimate of drug-likeness (QED) is 0.652. The lowest BCUT2D eigenvalue weighted by Crippen LogP contribution is -1.91. The SMILES string of the molecule is Cc1cc(N=C(Cl)c2cscc2C)c(F)cc1Cl. The van der Waals surface area contributed by atoms with E-state index in [1.165, 1.54) is 17.4 Å². The van der Waals surface area contributed by atoms with Gasteiger partial charge in [0, 0.05) is 16.0 Å². The topological polar surface area (TPSA) is 12.4 Å². The van der Waals surface area contributed by atoms with Gasteiger partial charge in [0.2, 0.25) is 0 Å². The van der Waals surface area contributed by atoms with Crippen molar-refractivity contribution in [2.75, 3.05) is 0 Å². The molecule has 1 nitrogen and oxygen atoms in total. The average Bonchev–Trinajstić information content (AvgIpc) is 2.72. The van der Waals surface area contributed by atoms with Crippen LogP contribution in [0.2, 0.25) is 5.02 Å². The molecule has 0 aliphatic carbocycles. The van der Waals surface area contributed by atoms with Crippen molar-refractivity contribution in [1.82, 2.24) is 0 Å². The third-order valence-electron chi connectivity index (χ3n) is 2.52. The van der Waals surface area contributed by atoms with Crippen LogP contribution in [-0.2, 0) is 0 Å². The molecule has 0 unspecified atom stereocenters. The summed E-state index contributed by atoms with van der Waals surface area (Å²) in [5.74, 6) is -0.475. The third-order valence-corrected chi connectivity index (χ3v) is 4.08. The minimum Gasteiger partial charge on any atom is -0.233 e. The number of thiophene rings is 1. The van der Waals surface area contributed by atoms with Gasteiger partial charge in [0.1, 0.15) is 16.7 Å². The second-order valence-corrected chi connectivity index (χ2v) is 5.43. The predicted molar refractivity (Wildman–Crippen MR) is 77.3 cm³/mol. The lowest BCUT2D eigenvalue weighted by Gasteiger charge is -2.03. The van der Waals surface area contributed by atoms with E-state index in [2.05, 4.69) is 4.99 Å². The van der Waals surface area contributed by atoms with Crippen LogP contribution >= 0.6 is 34.5 Å². The van der Waals surface area contributed by atoms with E-state index in [0.717, 1.165) is 16.7 Å². The lowest BCUT2D eigenvalue weighted by molar-refractivity contribution is 0.629. The number of benzene rings is 1. The maximum Gasteiger partial charge on any atom is 0.150 e. The fourth-order valence-electron chi connectivity index (χ4n) is 1.47. The summed E-state index contributed by atoms with van der Waals surface area (Å²) in [6.07, 6.45) is 0. The molecular weight excluding hydrogens is 292 g/mol. The Bertz CT molecular complexity index is 619. The van der Waals surface area contributed by atoms with E-state index in [0.29, 0.717) is 5.02 Å². The van der Waals surface area contributed by atoms with Crippen molar-refractivity contribution in [3.63, 3.8) is 0 Å². The highest BCUT2D eigenvalue weighted by Gasteiger charge is 2.09. The third kappa shape index (κ3) is 2.74. The molecule has 0 saturated carbocycles. The number of hydrogen-bond donors (Lipinski definition) is 0. The van der Waals surface area contributed by atoms with Gasteiger partial charge in [-0.3, -0.25) is 0 Å². The van der Waals surface area contributed by atoms with Crippen LogP contribution in [0.1, 0.15) is 16.7 Å². The Morgan fingerprint density at radius 3 is 2.56 bits per heavy atom. The molecule has 0 atom stereocenters. The minimum atomic E-state index is -0.475. The molecule has 5 heteroatoms. The van der Waals surface area contributed by atoms with Crippen molar-refractivity contribution >= 4 is 45.4 Å². The van der Waals surface area contributed by atoms with Gasteiger partial charge in [-0.2, -0.15) is 11.3 Å². The number of rotatable bonds is 2. The highest BCUT2D eigenvalue weighted by Crippen LogP contribution is 2.27. The molecule has 0 radical (unpaired) electrons. The Hall–Kier alpha value is -0.900. The minimum absolute atomic E-state index is 0.201. The number of aryl methyl sites for hydroxylation is 2. The Balaban J connectivity index is 2.45. The molecule has 94 valence electrons. The van der Waals surface area contributed by atoms with E-state index < -0.39 is 5.82 Å². The van der Waals surface area contributed by atoms with Crippen LogP contribution in [0.15, 0.2) is 27.9 Å². The van der Waals surface area contributed by atoms with Gasteiger partial charge < -0.3 is 0 Å². The first-order valence-corrected chi connectivity index (χ1v) is 6.92. The van der Waals surface area contributed by atoms with Crippen molar-refractivity contribution in [3.8, 4) is 0 Å². The molecule has 2 aromatic rings. The van der Waals surface area contributed by atoms with Crippen molar-refractivity contribution < 1.29 is 4.39 Å². The summed E-state index contributed by atoms with van der Waals surface area (Å²) in [7, 11) is 0. The Morgan fingerprint density at radius 1 is 1.22 bits per heavy atom. The Labute approximate surface area is 119 Å². The first-order valence-electron chi connectivity index (χ1n) is 5.22. The standard InChI is InChI=1S/C13H10Cl2FNS/c1-7-3-12(11(16)4-10(7)14)17-13(15)9-6-18-5-8(9)2/h3-6H,1-2H3. The molecule has 0 fully saturated rings. The molecule has 2 rings (SSSR count). The van der Waals surface area contributed by atoms with E-state index in [9.17, 15) is 4.39 Å². The van der Waals surface area contributed by atoms with E-state index in [1.54, 1.807) is 13.0 Å². The summed E-state index contributed by atoms with van der Waals surface area (Å²) in [6, 6.07) is 2.84. The zero-order valence-corrected chi connectivity index (χ0v) is 12.1. The van der Waals surface area contributed by atoms with E-state index >= 15 is 0 Å². The highest BCUT2D eigenvalue weighted by atomic mass is 35.5. The second kappa shape index (κ2) is 5.39.